The van der Waals surface area contributed by atoms with Crippen molar-refractivity contribution in [3.05, 3.63) is 102 Å². The molecule has 1 atom stereocenters. The van der Waals surface area contributed by atoms with Crippen LogP contribution in [0, 0.1) is 0 Å². The molecule has 0 aliphatic carbocycles. The lowest BCUT2D eigenvalue weighted by Crippen LogP contribution is -2.27. The Morgan fingerprint density at radius 3 is 2.42 bits per heavy atom. The van der Waals surface area contributed by atoms with E-state index in [0.717, 1.165) is 16.7 Å². The van der Waals surface area contributed by atoms with Crippen molar-refractivity contribution in [1.82, 2.24) is 20.1 Å². The van der Waals surface area contributed by atoms with Crippen molar-refractivity contribution in [2.75, 3.05) is 0 Å². The molecule has 9 heteroatoms. The van der Waals surface area contributed by atoms with E-state index in [1.54, 1.807) is 41.5 Å². The van der Waals surface area contributed by atoms with E-state index < -0.39 is 10.0 Å². The highest BCUT2D eigenvalue weighted by Crippen LogP contribution is 2.23. The van der Waals surface area contributed by atoms with Gasteiger partial charge in [-0.05, 0) is 42.3 Å². The second kappa shape index (κ2) is 9.35. The molecule has 0 aliphatic rings. The van der Waals surface area contributed by atoms with Crippen LogP contribution < -0.4 is 10.5 Å². The summed E-state index contributed by atoms with van der Waals surface area (Å²) in [5.74, 6) is -0.295. The van der Waals surface area contributed by atoms with Crippen molar-refractivity contribution in [3.8, 4) is 11.3 Å². The van der Waals surface area contributed by atoms with Gasteiger partial charge in [-0.25, -0.2) is 13.6 Å². The van der Waals surface area contributed by atoms with Gasteiger partial charge in [0, 0.05) is 24.2 Å². The van der Waals surface area contributed by atoms with Crippen molar-refractivity contribution >= 4 is 15.9 Å². The van der Waals surface area contributed by atoms with Crippen molar-refractivity contribution < 1.29 is 13.2 Å². The molecule has 0 saturated carbocycles. The van der Waals surface area contributed by atoms with E-state index in [9.17, 15) is 13.2 Å². The van der Waals surface area contributed by atoms with E-state index in [1.165, 1.54) is 12.1 Å². The average Bonchev–Trinajstić information content (AvgIpc) is 3.24. The normalized spacial score (nSPS) is 12.3. The molecule has 1 amide bonds. The van der Waals surface area contributed by atoms with Crippen LogP contribution in [0.5, 0.6) is 0 Å². The second-order valence-corrected chi connectivity index (χ2v) is 9.19. The van der Waals surface area contributed by atoms with Gasteiger partial charge in [0.1, 0.15) is 5.69 Å². The van der Waals surface area contributed by atoms with Gasteiger partial charge in [0.15, 0.2) is 0 Å². The minimum Gasteiger partial charge on any atom is -0.345 e. The molecule has 8 nitrogen and oxygen atoms in total. The summed E-state index contributed by atoms with van der Waals surface area (Å²) in [6.45, 7) is 2.34. The number of benzene rings is 2. The number of hydrogen-bond donors (Lipinski definition) is 2. The summed E-state index contributed by atoms with van der Waals surface area (Å²) in [7, 11) is -3.77. The number of nitrogens with one attached hydrogen (secondary N) is 1. The Balaban J connectivity index is 1.60. The Bertz CT molecular complexity index is 1350. The van der Waals surface area contributed by atoms with Gasteiger partial charge in [-0.2, -0.15) is 5.10 Å². The van der Waals surface area contributed by atoms with Crippen molar-refractivity contribution in [2.24, 2.45) is 5.14 Å². The average molecular weight is 462 g/mol. The highest BCUT2D eigenvalue weighted by atomic mass is 32.2. The van der Waals surface area contributed by atoms with Crippen molar-refractivity contribution in [3.63, 3.8) is 0 Å². The fourth-order valence-electron chi connectivity index (χ4n) is 3.46. The van der Waals surface area contributed by atoms with E-state index in [-0.39, 0.29) is 16.8 Å². The maximum absolute atomic E-state index is 13.2. The summed E-state index contributed by atoms with van der Waals surface area (Å²) in [6.07, 6.45) is 5.06. The van der Waals surface area contributed by atoms with Crippen LogP contribution in [0.4, 0.5) is 0 Å². The molecule has 0 fully saturated rings. The summed E-state index contributed by atoms with van der Waals surface area (Å²) in [5, 5.41) is 12.8. The molecule has 168 valence electrons. The van der Waals surface area contributed by atoms with Crippen LogP contribution >= 0.6 is 0 Å². The molecular weight excluding hydrogens is 438 g/mol. The first-order valence-corrected chi connectivity index (χ1v) is 11.8. The molecular formula is C24H23N5O3S. The van der Waals surface area contributed by atoms with E-state index in [4.69, 9.17) is 5.14 Å². The Kier molecular flexibility index (Phi) is 6.34. The number of amides is 1. The maximum Gasteiger partial charge on any atom is 0.255 e. The van der Waals surface area contributed by atoms with Crippen LogP contribution in [0.2, 0.25) is 0 Å². The van der Waals surface area contributed by atoms with Crippen LogP contribution in [0.3, 0.4) is 0 Å². The highest BCUT2D eigenvalue weighted by molar-refractivity contribution is 7.89. The molecule has 0 spiro atoms. The van der Waals surface area contributed by atoms with Crippen LogP contribution in [0.25, 0.3) is 11.3 Å². The fraction of sp³-hybridized carbons (Fsp3) is 0.125. The third-order valence-electron chi connectivity index (χ3n) is 5.18. The number of pyridine rings is 1. The number of carbonyl (C=O) groups is 1. The summed E-state index contributed by atoms with van der Waals surface area (Å²) < 4.78 is 24.7. The van der Waals surface area contributed by atoms with E-state index in [1.807, 2.05) is 43.3 Å². The zero-order valence-corrected chi connectivity index (χ0v) is 18.7. The second-order valence-electron chi connectivity index (χ2n) is 7.63. The number of nitrogens with two attached hydrogens (primary N) is 1. The number of sulfonamides is 1. The largest absolute Gasteiger partial charge is 0.345 e. The van der Waals surface area contributed by atoms with Crippen molar-refractivity contribution in [1.29, 1.82) is 0 Å². The van der Waals surface area contributed by atoms with E-state index in [0.29, 0.717) is 17.8 Å². The van der Waals surface area contributed by atoms with Gasteiger partial charge in [0.2, 0.25) is 10.0 Å². The maximum atomic E-state index is 13.2. The summed E-state index contributed by atoms with van der Waals surface area (Å²) in [6, 6.07) is 19.2. The SMILES string of the molecule is CC(NC(=O)c1cn(Cc2ccccc2)nc1-c1cccnc1)c1ccc(S(N)(=O)=O)cc1. The Hall–Kier alpha value is -3.82. The summed E-state index contributed by atoms with van der Waals surface area (Å²) >= 11 is 0. The first-order chi connectivity index (χ1) is 15.8. The highest BCUT2D eigenvalue weighted by Gasteiger charge is 2.20. The van der Waals surface area contributed by atoms with E-state index >= 15 is 0 Å². The number of carbonyl (C=O) groups excluding carboxylic acids is 1. The van der Waals surface area contributed by atoms with Gasteiger partial charge in [0.05, 0.1) is 23.0 Å². The standard InChI is InChI=1S/C24H23N5O3S/c1-17(19-9-11-21(12-10-19)33(25,31)32)27-24(30)22-16-29(15-18-6-3-2-4-7-18)28-23(22)20-8-5-13-26-14-20/h2-14,16-17H,15H2,1H3,(H,27,30)(H2,25,31,32). The van der Waals surface area contributed by atoms with Gasteiger partial charge in [-0.3, -0.25) is 14.5 Å². The topological polar surface area (TPSA) is 120 Å². The minimum atomic E-state index is -3.77. The van der Waals surface area contributed by atoms with Crippen LogP contribution in [0.15, 0.2) is 90.2 Å². The van der Waals surface area contributed by atoms with Crippen LogP contribution in [-0.2, 0) is 16.6 Å². The first-order valence-electron chi connectivity index (χ1n) is 10.3. The molecule has 0 bridgehead atoms. The molecule has 2 heterocycles. The smallest absolute Gasteiger partial charge is 0.255 e. The minimum absolute atomic E-state index is 0.0193. The predicted octanol–water partition coefficient (Wildman–Crippen LogP) is 3.13. The molecule has 1 unspecified atom stereocenters. The molecule has 2 aromatic carbocycles. The molecule has 2 aromatic heterocycles. The molecule has 0 radical (unpaired) electrons. The number of primary sulfonamides is 1. The molecule has 4 rings (SSSR count). The molecule has 3 N–H and O–H groups in total. The monoisotopic (exact) mass is 461 g/mol. The van der Waals surface area contributed by atoms with Crippen LogP contribution in [0.1, 0.15) is 34.5 Å². The molecule has 0 aliphatic heterocycles. The molecule has 4 aromatic rings. The molecule has 33 heavy (non-hydrogen) atoms. The van der Waals surface area contributed by atoms with Crippen LogP contribution in [-0.4, -0.2) is 29.1 Å². The number of hydrogen-bond acceptors (Lipinski definition) is 5. The van der Waals surface area contributed by atoms with Gasteiger partial charge >= 0.3 is 0 Å². The predicted molar refractivity (Wildman–Crippen MR) is 125 cm³/mol. The number of aromatic nitrogens is 3. The van der Waals surface area contributed by atoms with Gasteiger partial charge < -0.3 is 5.32 Å². The van der Waals surface area contributed by atoms with Gasteiger partial charge in [-0.1, -0.05) is 42.5 Å². The zero-order chi connectivity index (χ0) is 23.4. The lowest BCUT2D eigenvalue weighted by molar-refractivity contribution is 0.0940. The van der Waals surface area contributed by atoms with Crippen molar-refractivity contribution in [2.45, 2.75) is 24.4 Å². The lowest BCUT2D eigenvalue weighted by Gasteiger charge is -2.14. The fourth-order valence-corrected chi connectivity index (χ4v) is 3.97. The quantitative estimate of drug-likeness (QED) is 0.438. The third-order valence-corrected chi connectivity index (χ3v) is 6.11. The van der Waals surface area contributed by atoms with Gasteiger partial charge in [0.25, 0.3) is 5.91 Å². The first kappa shape index (κ1) is 22.4. The zero-order valence-electron chi connectivity index (χ0n) is 17.9. The Labute approximate surface area is 192 Å². The number of rotatable bonds is 7. The third kappa shape index (κ3) is 5.33. The number of nitrogens with zero attached hydrogens (tertiary/aromatic N) is 3. The van der Waals surface area contributed by atoms with Gasteiger partial charge in [-0.15, -0.1) is 0 Å². The Morgan fingerprint density at radius 1 is 1.06 bits per heavy atom. The molecule has 0 saturated heterocycles. The summed E-state index contributed by atoms with van der Waals surface area (Å²) in [5.41, 5.74) is 3.50. The Morgan fingerprint density at radius 2 is 1.79 bits per heavy atom. The lowest BCUT2D eigenvalue weighted by atomic mass is 10.1. The van der Waals surface area contributed by atoms with E-state index in [2.05, 4.69) is 15.4 Å². The summed E-state index contributed by atoms with van der Waals surface area (Å²) in [4.78, 5) is 17.4.